The Kier molecular flexibility index (Phi) is 5.06. The van der Waals surface area contributed by atoms with Gasteiger partial charge in [0.05, 0.1) is 6.04 Å². The normalized spacial score (nSPS) is 26.8. The highest BCUT2D eigenvalue weighted by Gasteiger charge is 2.30. The monoisotopic (exact) mass is 288 g/mol. The highest BCUT2D eigenvalue weighted by molar-refractivity contribution is 8.07. The number of hydrogen-bond acceptors (Lipinski definition) is 4. The average Bonchev–Trinajstić information content (AvgIpc) is 2.33. The first-order chi connectivity index (χ1) is 8.22. The van der Waals surface area contributed by atoms with Crippen LogP contribution in [0.2, 0.25) is 5.02 Å². The topological polar surface area (TPSA) is 38.0 Å². The van der Waals surface area contributed by atoms with Crippen molar-refractivity contribution < 1.29 is 0 Å². The molecule has 5 heteroatoms. The lowest BCUT2D eigenvalue weighted by molar-refractivity contribution is 0.527. The fourth-order valence-electron chi connectivity index (χ4n) is 2.10. The molecule has 1 saturated heterocycles. The van der Waals surface area contributed by atoms with Gasteiger partial charge in [0.1, 0.15) is 0 Å². The molecule has 17 heavy (non-hydrogen) atoms. The van der Waals surface area contributed by atoms with Crippen LogP contribution in [0.25, 0.3) is 0 Å². The summed E-state index contributed by atoms with van der Waals surface area (Å²) in [5, 5.41) is 1.87. The Bertz CT molecular complexity index is 375. The van der Waals surface area contributed by atoms with E-state index >= 15 is 0 Å². The zero-order chi connectivity index (χ0) is 12.3. The Morgan fingerprint density at radius 1 is 1.41 bits per heavy atom. The van der Waals surface area contributed by atoms with Crippen LogP contribution in [0.3, 0.4) is 0 Å². The summed E-state index contributed by atoms with van der Waals surface area (Å²) < 4.78 is 0. The zero-order valence-electron chi connectivity index (χ0n) is 9.73. The van der Waals surface area contributed by atoms with Gasteiger partial charge in [-0.05, 0) is 17.7 Å². The standard InChI is InChI=1S/C12H17ClN2S2/c1-8-12(17-6-5-16-8)11(15-14)9-3-2-4-10(13)7-9/h2-4,7-8,11-12,15H,5-6,14H2,1H3. The van der Waals surface area contributed by atoms with E-state index in [-0.39, 0.29) is 6.04 Å². The van der Waals surface area contributed by atoms with E-state index in [0.717, 1.165) is 5.02 Å². The van der Waals surface area contributed by atoms with Crippen LogP contribution in [0.4, 0.5) is 0 Å². The van der Waals surface area contributed by atoms with Crippen LogP contribution in [-0.2, 0) is 0 Å². The summed E-state index contributed by atoms with van der Waals surface area (Å²) in [4.78, 5) is 0. The van der Waals surface area contributed by atoms with Crippen molar-refractivity contribution in [1.82, 2.24) is 5.43 Å². The van der Waals surface area contributed by atoms with Crippen molar-refractivity contribution in [3.8, 4) is 0 Å². The van der Waals surface area contributed by atoms with E-state index in [1.54, 1.807) is 0 Å². The van der Waals surface area contributed by atoms with Gasteiger partial charge in [0.15, 0.2) is 0 Å². The van der Waals surface area contributed by atoms with Gasteiger partial charge in [0.2, 0.25) is 0 Å². The van der Waals surface area contributed by atoms with Crippen molar-refractivity contribution in [3.63, 3.8) is 0 Å². The molecule has 2 rings (SSSR count). The molecule has 0 saturated carbocycles. The van der Waals surface area contributed by atoms with Gasteiger partial charge in [-0.15, -0.1) is 0 Å². The largest absolute Gasteiger partial charge is 0.271 e. The molecule has 0 radical (unpaired) electrons. The fourth-order valence-corrected chi connectivity index (χ4v) is 5.23. The molecule has 94 valence electrons. The van der Waals surface area contributed by atoms with E-state index in [1.165, 1.54) is 17.1 Å². The van der Waals surface area contributed by atoms with Crippen LogP contribution in [-0.4, -0.2) is 22.0 Å². The second-order valence-corrected chi connectivity index (χ2v) is 7.32. The number of rotatable bonds is 3. The molecule has 1 aliphatic heterocycles. The highest BCUT2D eigenvalue weighted by atomic mass is 35.5. The van der Waals surface area contributed by atoms with Crippen molar-refractivity contribution in [1.29, 1.82) is 0 Å². The summed E-state index contributed by atoms with van der Waals surface area (Å²) in [6.07, 6.45) is 0. The van der Waals surface area contributed by atoms with Gasteiger partial charge in [-0.25, -0.2) is 0 Å². The summed E-state index contributed by atoms with van der Waals surface area (Å²) >= 11 is 10.1. The Morgan fingerprint density at radius 3 is 2.82 bits per heavy atom. The molecule has 0 bridgehead atoms. The van der Waals surface area contributed by atoms with E-state index in [1.807, 2.05) is 41.7 Å². The second-order valence-electron chi connectivity index (χ2n) is 4.11. The maximum absolute atomic E-state index is 6.04. The predicted molar refractivity (Wildman–Crippen MR) is 79.7 cm³/mol. The molecule has 0 aliphatic carbocycles. The molecule has 1 aliphatic rings. The van der Waals surface area contributed by atoms with Gasteiger partial charge in [-0.2, -0.15) is 23.5 Å². The van der Waals surface area contributed by atoms with Crippen molar-refractivity contribution in [2.24, 2.45) is 5.84 Å². The smallest absolute Gasteiger partial charge is 0.0589 e. The van der Waals surface area contributed by atoms with E-state index in [0.29, 0.717) is 10.5 Å². The molecular formula is C12H17ClN2S2. The quantitative estimate of drug-likeness (QED) is 0.662. The molecule has 0 aromatic heterocycles. The molecule has 1 aromatic carbocycles. The van der Waals surface area contributed by atoms with E-state index < -0.39 is 0 Å². The lowest BCUT2D eigenvalue weighted by Crippen LogP contribution is -2.40. The molecule has 1 fully saturated rings. The summed E-state index contributed by atoms with van der Waals surface area (Å²) in [6.45, 7) is 2.27. The van der Waals surface area contributed by atoms with Crippen LogP contribution in [0.5, 0.6) is 0 Å². The van der Waals surface area contributed by atoms with Crippen molar-refractivity contribution in [3.05, 3.63) is 34.9 Å². The van der Waals surface area contributed by atoms with Gasteiger partial charge >= 0.3 is 0 Å². The second kappa shape index (κ2) is 6.34. The predicted octanol–water partition coefficient (Wildman–Crippen LogP) is 3.08. The third-order valence-electron chi connectivity index (χ3n) is 2.95. The Hall–Kier alpha value is 0.130. The van der Waals surface area contributed by atoms with Crippen LogP contribution < -0.4 is 11.3 Å². The SMILES string of the molecule is CC1SCCSC1C(NN)c1cccc(Cl)c1. The third-order valence-corrected chi connectivity index (χ3v) is 6.38. The van der Waals surface area contributed by atoms with Crippen LogP contribution in [0.1, 0.15) is 18.5 Å². The number of thioether (sulfide) groups is 2. The Morgan fingerprint density at radius 2 is 2.18 bits per heavy atom. The fraction of sp³-hybridized carbons (Fsp3) is 0.500. The van der Waals surface area contributed by atoms with Crippen LogP contribution in [0.15, 0.2) is 24.3 Å². The number of nitrogens with two attached hydrogens (primary N) is 1. The average molecular weight is 289 g/mol. The summed E-state index contributed by atoms with van der Waals surface area (Å²) in [5.41, 5.74) is 4.13. The molecule has 0 spiro atoms. The Labute approximate surface area is 116 Å². The minimum Gasteiger partial charge on any atom is -0.271 e. The van der Waals surface area contributed by atoms with Crippen molar-refractivity contribution in [2.75, 3.05) is 11.5 Å². The van der Waals surface area contributed by atoms with E-state index in [4.69, 9.17) is 17.4 Å². The number of halogens is 1. The minimum atomic E-state index is 0.168. The molecule has 1 aromatic rings. The van der Waals surface area contributed by atoms with Crippen LogP contribution >= 0.6 is 35.1 Å². The summed E-state index contributed by atoms with van der Waals surface area (Å²) in [6, 6.07) is 8.13. The van der Waals surface area contributed by atoms with Crippen LogP contribution in [0, 0.1) is 0 Å². The van der Waals surface area contributed by atoms with E-state index in [9.17, 15) is 0 Å². The molecule has 3 atom stereocenters. The Balaban J connectivity index is 2.20. The number of nitrogens with one attached hydrogen (secondary N) is 1. The number of benzene rings is 1. The highest BCUT2D eigenvalue weighted by Crippen LogP contribution is 2.38. The van der Waals surface area contributed by atoms with E-state index in [2.05, 4.69) is 18.4 Å². The van der Waals surface area contributed by atoms with Gasteiger partial charge in [-0.3, -0.25) is 11.3 Å². The maximum atomic E-state index is 6.04. The molecule has 3 N–H and O–H groups in total. The molecule has 3 unspecified atom stereocenters. The van der Waals surface area contributed by atoms with Gasteiger partial charge in [-0.1, -0.05) is 30.7 Å². The lowest BCUT2D eigenvalue weighted by Gasteiger charge is -2.34. The van der Waals surface area contributed by atoms with Gasteiger partial charge < -0.3 is 0 Å². The van der Waals surface area contributed by atoms with Gasteiger partial charge in [0.25, 0.3) is 0 Å². The zero-order valence-corrected chi connectivity index (χ0v) is 12.1. The third kappa shape index (κ3) is 3.32. The minimum absolute atomic E-state index is 0.168. The first kappa shape index (κ1) is 13.6. The lowest BCUT2D eigenvalue weighted by atomic mass is 10.0. The van der Waals surface area contributed by atoms with Crippen molar-refractivity contribution in [2.45, 2.75) is 23.5 Å². The first-order valence-electron chi connectivity index (χ1n) is 5.67. The molecule has 2 nitrogen and oxygen atoms in total. The van der Waals surface area contributed by atoms with Gasteiger partial charge in [0, 0.05) is 27.0 Å². The molecule has 0 amide bonds. The molecule has 1 heterocycles. The first-order valence-corrected chi connectivity index (χ1v) is 8.14. The van der Waals surface area contributed by atoms with Crippen molar-refractivity contribution >= 4 is 35.1 Å². The summed E-state index contributed by atoms with van der Waals surface area (Å²) in [5.74, 6) is 8.16. The number of hydrogen-bond donors (Lipinski definition) is 2. The maximum Gasteiger partial charge on any atom is 0.0589 e. The molecular weight excluding hydrogens is 272 g/mol. The summed E-state index contributed by atoms with van der Waals surface area (Å²) in [7, 11) is 0. The number of hydrazine groups is 1.